The highest BCUT2D eigenvalue weighted by Gasteiger charge is 2.51. The van der Waals surface area contributed by atoms with Crippen LogP contribution in [-0.4, -0.2) is 56.2 Å². The van der Waals surface area contributed by atoms with E-state index in [-0.39, 0.29) is 26.4 Å². The van der Waals surface area contributed by atoms with Crippen LogP contribution in [0.3, 0.4) is 0 Å². The van der Waals surface area contributed by atoms with Gasteiger partial charge in [0, 0.05) is 6.92 Å². The largest absolute Gasteiger partial charge is 0.469 e. The van der Waals surface area contributed by atoms with Gasteiger partial charge in [-0.05, 0) is 23.6 Å². The third kappa shape index (κ3) is 8.71. The van der Waals surface area contributed by atoms with Crippen LogP contribution in [-0.2, 0) is 57.8 Å². The molecule has 0 saturated carbocycles. The van der Waals surface area contributed by atoms with Gasteiger partial charge in [0.1, 0.15) is 37.1 Å². The van der Waals surface area contributed by atoms with Crippen molar-refractivity contribution in [2.45, 2.75) is 64.2 Å². The number of methoxy groups -OCH3 is 1. The molecule has 1 saturated heterocycles. The minimum atomic E-state index is -0.760. The highest BCUT2D eigenvalue weighted by atomic mass is 16.6. The first-order valence-electron chi connectivity index (χ1n) is 13.8. The molecule has 0 radical (unpaired) electrons. The molecule has 4 rings (SSSR count). The maximum atomic E-state index is 12.8. The first-order valence-corrected chi connectivity index (χ1v) is 13.8. The fraction of sp³-hybridized carbons (Fsp3) is 0.394. The van der Waals surface area contributed by atoms with Gasteiger partial charge < -0.3 is 28.4 Å². The van der Waals surface area contributed by atoms with E-state index < -0.39 is 48.4 Å². The molecule has 6 atom stereocenters. The molecular formula is C33H38O8. The van der Waals surface area contributed by atoms with Crippen LogP contribution in [0.15, 0.2) is 91.0 Å². The smallest absolute Gasteiger partial charge is 0.311 e. The Labute approximate surface area is 241 Å². The fourth-order valence-electron chi connectivity index (χ4n) is 4.88. The topological polar surface area (TPSA) is 89.5 Å². The Morgan fingerprint density at radius 2 is 1.15 bits per heavy atom. The zero-order valence-electron chi connectivity index (χ0n) is 23.7. The normalized spacial score (nSPS) is 23.0. The predicted molar refractivity (Wildman–Crippen MR) is 152 cm³/mol. The van der Waals surface area contributed by atoms with Crippen molar-refractivity contribution in [1.82, 2.24) is 0 Å². The van der Waals surface area contributed by atoms with Crippen molar-refractivity contribution >= 4 is 11.9 Å². The Balaban J connectivity index is 1.69. The van der Waals surface area contributed by atoms with Gasteiger partial charge in [0.15, 0.2) is 0 Å². The molecular weight excluding hydrogens is 524 g/mol. The molecule has 218 valence electrons. The highest BCUT2D eigenvalue weighted by molar-refractivity contribution is 5.72. The van der Waals surface area contributed by atoms with Crippen molar-refractivity contribution in [2.24, 2.45) is 5.92 Å². The van der Waals surface area contributed by atoms with Crippen molar-refractivity contribution in [3.63, 3.8) is 0 Å². The summed E-state index contributed by atoms with van der Waals surface area (Å²) in [6.45, 7) is 3.82. The Morgan fingerprint density at radius 3 is 1.59 bits per heavy atom. The van der Waals surface area contributed by atoms with E-state index in [4.69, 9.17) is 28.4 Å². The molecule has 0 aliphatic carbocycles. The third-order valence-electron chi connectivity index (χ3n) is 7.04. The van der Waals surface area contributed by atoms with Crippen LogP contribution in [0.25, 0.3) is 0 Å². The third-order valence-corrected chi connectivity index (χ3v) is 7.04. The van der Waals surface area contributed by atoms with E-state index in [1.54, 1.807) is 6.92 Å². The molecule has 0 spiro atoms. The standard InChI is InChI=1S/C33H38O8/c1-23(33(35)36-3)29-31(39-20-26-15-9-5-10-16-26)32(40-21-27-17-11-6-12-18-27)30(28(41-29)22-37-24(2)34)38-19-25-13-7-4-8-14-25/h4-18,23,28-32H,19-22H2,1-3H3/t23-,28-,29?,30-,31+,32+/m1/s1. The van der Waals surface area contributed by atoms with Gasteiger partial charge in [0.25, 0.3) is 0 Å². The quantitative estimate of drug-likeness (QED) is 0.272. The summed E-state index contributed by atoms with van der Waals surface area (Å²) in [6.07, 6.45) is -3.54. The second kappa shape index (κ2) is 15.4. The van der Waals surface area contributed by atoms with E-state index in [0.717, 1.165) is 16.7 Å². The number of hydrogen-bond acceptors (Lipinski definition) is 8. The first-order chi connectivity index (χ1) is 20.0. The number of hydrogen-bond donors (Lipinski definition) is 0. The molecule has 0 N–H and O–H groups in total. The van der Waals surface area contributed by atoms with Crippen molar-refractivity contribution < 1.29 is 38.0 Å². The summed E-state index contributed by atoms with van der Waals surface area (Å²) in [6, 6.07) is 29.3. The van der Waals surface area contributed by atoms with E-state index in [2.05, 4.69) is 0 Å². The average Bonchev–Trinajstić information content (AvgIpc) is 3.01. The van der Waals surface area contributed by atoms with Gasteiger partial charge in [-0.15, -0.1) is 0 Å². The summed E-state index contributed by atoms with van der Waals surface area (Å²) in [5.41, 5.74) is 2.90. The van der Waals surface area contributed by atoms with Gasteiger partial charge in [0.2, 0.25) is 0 Å². The molecule has 1 heterocycles. The zero-order valence-corrected chi connectivity index (χ0v) is 23.7. The van der Waals surface area contributed by atoms with Gasteiger partial charge in [-0.25, -0.2) is 0 Å². The first kappa shape index (κ1) is 30.4. The average molecular weight is 563 g/mol. The summed E-state index contributed by atoms with van der Waals surface area (Å²) in [7, 11) is 1.34. The lowest BCUT2D eigenvalue weighted by Gasteiger charge is -2.47. The minimum absolute atomic E-state index is 0.0736. The minimum Gasteiger partial charge on any atom is -0.469 e. The maximum absolute atomic E-state index is 12.8. The Kier molecular flexibility index (Phi) is 11.5. The van der Waals surface area contributed by atoms with Crippen molar-refractivity contribution in [3.05, 3.63) is 108 Å². The number of carbonyl (C=O) groups is 2. The fourth-order valence-corrected chi connectivity index (χ4v) is 4.88. The van der Waals surface area contributed by atoms with Gasteiger partial charge in [-0.1, -0.05) is 91.0 Å². The Morgan fingerprint density at radius 1 is 0.707 bits per heavy atom. The molecule has 1 aliphatic rings. The van der Waals surface area contributed by atoms with E-state index in [0.29, 0.717) is 0 Å². The van der Waals surface area contributed by atoms with Crippen LogP contribution >= 0.6 is 0 Å². The lowest BCUT2D eigenvalue weighted by molar-refractivity contribution is -0.278. The molecule has 1 unspecified atom stereocenters. The number of benzene rings is 3. The molecule has 1 aliphatic heterocycles. The van der Waals surface area contributed by atoms with Crippen molar-refractivity contribution in [1.29, 1.82) is 0 Å². The van der Waals surface area contributed by atoms with Gasteiger partial charge in [-0.2, -0.15) is 0 Å². The van der Waals surface area contributed by atoms with Crippen LogP contribution in [0.5, 0.6) is 0 Å². The lowest BCUT2D eigenvalue weighted by Crippen LogP contribution is -2.63. The van der Waals surface area contributed by atoms with Crippen LogP contribution in [0, 0.1) is 5.92 Å². The molecule has 3 aromatic carbocycles. The van der Waals surface area contributed by atoms with E-state index in [1.807, 2.05) is 91.0 Å². The van der Waals surface area contributed by atoms with Crippen LogP contribution in [0.4, 0.5) is 0 Å². The van der Waals surface area contributed by atoms with Gasteiger partial charge >= 0.3 is 11.9 Å². The summed E-state index contributed by atoms with van der Waals surface area (Å²) >= 11 is 0. The highest BCUT2D eigenvalue weighted by Crippen LogP contribution is 2.34. The number of ether oxygens (including phenoxy) is 6. The summed E-state index contributed by atoms with van der Waals surface area (Å²) in [5.74, 6) is -1.59. The molecule has 41 heavy (non-hydrogen) atoms. The summed E-state index contributed by atoms with van der Waals surface area (Å²) in [4.78, 5) is 24.6. The zero-order chi connectivity index (χ0) is 29.0. The summed E-state index contributed by atoms with van der Waals surface area (Å²) in [5, 5.41) is 0. The van der Waals surface area contributed by atoms with Crippen LogP contribution in [0.2, 0.25) is 0 Å². The molecule has 0 amide bonds. The maximum Gasteiger partial charge on any atom is 0.311 e. The van der Waals surface area contributed by atoms with Crippen molar-refractivity contribution in [3.8, 4) is 0 Å². The number of rotatable bonds is 13. The van der Waals surface area contributed by atoms with Gasteiger partial charge in [0.05, 0.1) is 32.8 Å². The molecule has 3 aromatic rings. The number of carbonyl (C=O) groups excluding carboxylic acids is 2. The molecule has 8 heteroatoms. The van der Waals surface area contributed by atoms with E-state index >= 15 is 0 Å². The molecule has 1 fully saturated rings. The monoisotopic (exact) mass is 562 g/mol. The Bertz CT molecular complexity index is 1200. The Hall–Kier alpha value is -3.56. The molecule has 8 nitrogen and oxygen atoms in total. The van der Waals surface area contributed by atoms with Crippen LogP contribution in [0.1, 0.15) is 30.5 Å². The van der Waals surface area contributed by atoms with Crippen LogP contribution < -0.4 is 0 Å². The second-order valence-electron chi connectivity index (χ2n) is 10.0. The van der Waals surface area contributed by atoms with Gasteiger partial charge in [-0.3, -0.25) is 9.59 Å². The van der Waals surface area contributed by atoms with Crippen molar-refractivity contribution in [2.75, 3.05) is 13.7 Å². The molecule has 0 bridgehead atoms. The van der Waals surface area contributed by atoms with E-state index in [1.165, 1.54) is 14.0 Å². The number of esters is 2. The van der Waals surface area contributed by atoms with E-state index in [9.17, 15) is 9.59 Å². The molecule has 0 aromatic heterocycles. The predicted octanol–water partition coefficient (Wildman–Crippen LogP) is 4.88. The second-order valence-corrected chi connectivity index (χ2v) is 10.0. The summed E-state index contributed by atoms with van der Waals surface area (Å²) < 4.78 is 36.5. The SMILES string of the molecule is COC(=O)[C@H](C)C1O[C@H](COC(C)=O)[C@@H](OCc2ccccc2)[C@H](OCc2ccccc2)[C@H]1OCc1ccccc1. The lowest BCUT2D eigenvalue weighted by atomic mass is 9.88.